The number of halogens is 3. The third-order valence-electron chi connectivity index (χ3n) is 2.45. The third-order valence-corrected chi connectivity index (χ3v) is 2.45. The molecule has 0 saturated heterocycles. The van der Waals surface area contributed by atoms with Crippen molar-refractivity contribution < 1.29 is 27.3 Å². The van der Waals surface area contributed by atoms with Crippen LogP contribution in [0.2, 0.25) is 5.82 Å². The topological polar surface area (TPSA) is 35.1 Å². The summed E-state index contributed by atoms with van der Waals surface area (Å²) in [7, 11) is 4.06. The van der Waals surface area contributed by atoms with Crippen molar-refractivity contribution in [3.8, 4) is 0 Å². The van der Waals surface area contributed by atoms with Crippen LogP contribution in [0.4, 0.5) is 13.2 Å². The molecule has 0 aromatic carbocycles. The molecule has 0 saturated carbocycles. The molecule has 1 aromatic heterocycles. The van der Waals surface area contributed by atoms with E-state index in [1.807, 2.05) is 0 Å². The van der Waals surface area contributed by atoms with Crippen molar-refractivity contribution in [2.24, 2.45) is 14.1 Å². The standard InChI is InChI=1S/C10H14BF3N2O2/c1-4-18-8(17)7(10(12,13)14)11-9-15(2)5-6-16(9)3/h5-7H,4H2,1-3H3/t7-/m0/s1. The van der Waals surface area contributed by atoms with E-state index in [0.717, 1.165) is 7.28 Å². The van der Waals surface area contributed by atoms with Gasteiger partial charge in [0.05, 0.1) is 20.7 Å². The molecular weight excluding hydrogens is 248 g/mol. The number of carbonyl (C=O) groups excluding carboxylic acids is 1. The molecule has 1 rings (SSSR count). The first kappa shape index (κ1) is 14.6. The Morgan fingerprint density at radius 3 is 2.61 bits per heavy atom. The Kier molecular flexibility index (Phi) is 4.42. The van der Waals surface area contributed by atoms with Gasteiger partial charge in [0.15, 0.2) is 0 Å². The number of carbonyl (C=O) groups is 1. The second-order valence-electron chi connectivity index (χ2n) is 3.82. The Labute approximate surface area is 104 Å². The highest BCUT2D eigenvalue weighted by atomic mass is 19.4. The fraction of sp³-hybridized carbons (Fsp3) is 0.600. The molecule has 2 radical (unpaired) electrons. The van der Waals surface area contributed by atoms with Gasteiger partial charge in [-0.15, -0.1) is 0 Å². The summed E-state index contributed by atoms with van der Waals surface area (Å²) in [6, 6.07) is 0. The lowest BCUT2D eigenvalue weighted by Gasteiger charge is -2.27. The molecule has 0 aliphatic carbocycles. The molecular formula is C10H14BF3N2O2. The Morgan fingerprint density at radius 1 is 1.61 bits per heavy atom. The average Bonchev–Trinajstić information content (AvgIpc) is 2.54. The van der Waals surface area contributed by atoms with E-state index < -0.39 is 18.0 Å². The van der Waals surface area contributed by atoms with E-state index in [4.69, 9.17) is 0 Å². The zero-order valence-corrected chi connectivity index (χ0v) is 10.4. The largest absolute Gasteiger partial charge is 0.468 e. The van der Waals surface area contributed by atoms with E-state index in [1.165, 1.54) is 16.1 Å². The number of hydrogen-bond acceptors (Lipinski definition) is 2. The number of nitrogens with zero attached hydrogens (tertiary/aromatic N) is 2. The molecule has 18 heavy (non-hydrogen) atoms. The van der Waals surface area contributed by atoms with Crippen LogP contribution in [0.15, 0.2) is 12.4 Å². The highest BCUT2D eigenvalue weighted by molar-refractivity contribution is 6.56. The summed E-state index contributed by atoms with van der Waals surface area (Å²) >= 11 is 0. The van der Waals surface area contributed by atoms with Crippen LogP contribution >= 0.6 is 0 Å². The molecule has 0 unspecified atom stereocenters. The van der Waals surface area contributed by atoms with Gasteiger partial charge in [-0.1, -0.05) is 0 Å². The molecule has 1 aromatic rings. The van der Waals surface area contributed by atoms with Gasteiger partial charge in [0, 0.05) is 5.72 Å². The lowest BCUT2D eigenvalue weighted by Crippen LogP contribution is -2.53. The maximum Gasteiger partial charge on any atom is 0.366 e. The van der Waals surface area contributed by atoms with Gasteiger partial charge in [-0.3, -0.25) is 13.9 Å². The third kappa shape index (κ3) is 3.27. The van der Waals surface area contributed by atoms with Gasteiger partial charge in [0.2, 0.25) is 0 Å². The zero-order valence-electron chi connectivity index (χ0n) is 10.4. The second kappa shape index (κ2) is 5.45. The lowest BCUT2D eigenvalue weighted by atomic mass is 9.62. The monoisotopic (exact) mass is 262 g/mol. The van der Waals surface area contributed by atoms with Crippen LogP contribution in [-0.4, -0.2) is 30.6 Å². The first-order valence-electron chi connectivity index (χ1n) is 5.36. The van der Waals surface area contributed by atoms with Crippen molar-refractivity contribution in [3.63, 3.8) is 0 Å². The van der Waals surface area contributed by atoms with E-state index in [2.05, 4.69) is 4.74 Å². The van der Waals surface area contributed by atoms with Gasteiger partial charge < -0.3 is 4.74 Å². The van der Waals surface area contributed by atoms with Gasteiger partial charge in [-0.2, -0.15) is 20.5 Å². The minimum Gasteiger partial charge on any atom is -0.468 e. The molecule has 100 valence electrons. The zero-order chi connectivity index (χ0) is 13.9. The van der Waals surface area contributed by atoms with E-state index in [0.29, 0.717) is 0 Å². The number of aromatic nitrogens is 2. The maximum atomic E-state index is 12.8. The normalized spacial score (nSPS) is 13.4. The average molecular weight is 262 g/mol. The van der Waals surface area contributed by atoms with Crippen LogP contribution in [0.1, 0.15) is 6.92 Å². The summed E-state index contributed by atoms with van der Waals surface area (Å²) in [5.74, 6) is -3.54. The number of aryl methyl sites for hydroxylation is 2. The Morgan fingerprint density at radius 2 is 2.22 bits per heavy atom. The summed E-state index contributed by atoms with van der Waals surface area (Å²) < 4.78 is 45.8. The van der Waals surface area contributed by atoms with Crippen molar-refractivity contribution >= 4 is 19.0 Å². The second-order valence-corrected chi connectivity index (χ2v) is 3.82. The summed E-state index contributed by atoms with van der Waals surface area (Å²) in [5.41, 5.74) is 0.283. The molecule has 0 bridgehead atoms. The highest BCUT2D eigenvalue weighted by Crippen LogP contribution is 2.31. The molecule has 1 atom stereocenters. The van der Waals surface area contributed by atoms with Crippen molar-refractivity contribution in [3.05, 3.63) is 12.4 Å². The number of hydrogen-bond donors (Lipinski definition) is 0. The van der Waals surface area contributed by atoms with Gasteiger partial charge in [-0.25, -0.2) is 0 Å². The van der Waals surface area contributed by atoms with Crippen LogP contribution in [-0.2, 0) is 23.6 Å². The summed E-state index contributed by atoms with van der Waals surface area (Å²) in [6.07, 6.45) is -1.46. The number of alkyl halides is 3. The first-order chi connectivity index (χ1) is 8.27. The molecule has 0 N–H and O–H groups in total. The first-order valence-corrected chi connectivity index (χ1v) is 5.36. The predicted molar refractivity (Wildman–Crippen MR) is 58.4 cm³/mol. The van der Waals surface area contributed by atoms with Crippen molar-refractivity contribution in [2.75, 3.05) is 6.61 Å². The van der Waals surface area contributed by atoms with E-state index in [1.54, 1.807) is 26.5 Å². The number of esters is 1. The Balaban J connectivity index is 2.96. The van der Waals surface area contributed by atoms with Gasteiger partial charge in [0.25, 0.3) is 5.97 Å². The van der Waals surface area contributed by atoms with Crippen LogP contribution in [0.5, 0.6) is 0 Å². The van der Waals surface area contributed by atoms with Crippen LogP contribution in [0.25, 0.3) is 0 Å². The van der Waals surface area contributed by atoms with Gasteiger partial charge in [-0.05, 0) is 12.7 Å². The number of imidazole rings is 1. The van der Waals surface area contributed by atoms with Crippen molar-refractivity contribution in [2.45, 2.75) is 18.9 Å². The highest BCUT2D eigenvalue weighted by Gasteiger charge is 2.38. The molecule has 8 heteroatoms. The molecule has 0 fully saturated rings. The van der Waals surface area contributed by atoms with Gasteiger partial charge >= 0.3 is 6.18 Å². The lowest BCUT2D eigenvalue weighted by molar-refractivity contribution is -0.653. The molecule has 0 aliphatic heterocycles. The van der Waals surface area contributed by atoms with E-state index in [-0.39, 0.29) is 12.3 Å². The minimum atomic E-state index is -4.66. The summed E-state index contributed by atoms with van der Waals surface area (Å²) in [6.45, 7) is 1.38. The van der Waals surface area contributed by atoms with E-state index in [9.17, 15) is 18.0 Å². The Bertz CT molecular complexity index is 412. The molecule has 4 nitrogen and oxygen atoms in total. The summed E-state index contributed by atoms with van der Waals surface area (Å²) in [4.78, 5) is 11.3. The quantitative estimate of drug-likeness (QED) is 0.438. The number of ether oxygens (including phenoxy) is 1. The SMILES string of the molecule is CCOC(=O)[C@H]([B-]c1n(C)cc[n+]1C)C(F)(F)F. The van der Waals surface area contributed by atoms with Gasteiger partial charge in [0.1, 0.15) is 12.4 Å². The van der Waals surface area contributed by atoms with Crippen LogP contribution in [0, 0.1) is 0 Å². The number of rotatable bonds is 4. The molecule has 0 amide bonds. The summed E-state index contributed by atoms with van der Waals surface area (Å²) in [5, 5.41) is 0. The fourth-order valence-corrected chi connectivity index (χ4v) is 1.51. The van der Waals surface area contributed by atoms with Crippen molar-refractivity contribution in [1.29, 1.82) is 0 Å². The van der Waals surface area contributed by atoms with Crippen LogP contribution in [0.3, 0.4) is 0 Å². The fourth-order valence-electron chi connectivity index (χ4n) is 1.51. The molecule has 0 spiro atoms. The maximum absolute atomic E-state index is 12.8. The molecule has 0 aliphatic rings. The minimum absolute atomic E-state index is 0.0848. The molecule has 1 heterocycles. The van der Waals surface area contributed by atoms with Crippen molar-refractivity contribution in [1.82, 2.24) is 4.57 Å². The smallest absolute Gasteiger partial charge is 0.366 e. The predicted octanol–water partition coefficient (Wildman–Crippen LogP) is 0.0930. The van der Waals surface area contributed by atoms with Crippen LogP contribution < -0.4 is 10.3 Å². The Hall–Kier alpha value is -1.47. The van der Waals surface area contributed by atoms with E-state index >= 15 is 0 Å².